The van der Waals surface area contributed by atoms with E-state index in [1.807, 2.05) is 13.8 Å². The second kappa shape index (κ2) is 4.62. The highest BCUT2D eigenvalue weighted by Gasteiger charge is 2.22. The van der Waals surface area contributed by atoms with Crippen molar-refractivity contribution in [2.45, 2.75) is 25.9 Å². The molecule has 0 radical (unpaired) electrons. The SMILES string of the molecule is CC(C)N(C)C(CS)C(=O)O. The highest BCUT2D eigenvalue weighted by molar-refractivity contribution is 7.80. The molecule has 0 aromatic carbocycles. The fourth-order valence-corrected chi connectivity index (χ4v) is 1.15. The molecule has 1 N–H and O–H groups in total. The Morgan fingerprint density at radius 3 is 2.18 bits per heavy atom. The van der Waals surface area contributed by atoms with Gasteiger partial charge in [0.05, 0.1) is 0 Å². The first kappa shape index (κ1) is 10.8. The first-order valence-electron chi connectivity index (χ1n) is 3.56. The van der Waals surface area contributed by atoms with Crippen LogP contribution in [0.5, 0.6) is 0 Å². The molecule has 0 bridgehead atoms. The molecule has 0 heterocycles. The minimum Gasteiger partial charge on any atom is -0.480 e. The summed E-state index contributed by atoms with van der Waals surface area (Å²) >= 11 is 3.97. The van der Waals surface area contributed by atoms with Crippen LogP contribution in [0, 0.1) is 0 Å². The molecule has 0 aliphatic carbocycles. The van der Waals surface area contributed by atoms with E-state index in [0.29, 0.717) is 5.75 Å². The zero-order valence-corrected chi connectivity index (χ0v) is 8.01. The fraction of sp³-hybridized carbons (Fsp3) is 0.857. The van der Waals surface area contributed by atoms with E-state index >= 15 is 0 Å². The standard InChI is InChI=1S/C7H15NO2S/c1-5(2)8(3)6(4-11)7(9)10/h5-6,11H,4H2,1-3H3,(H,9,10). The van der Waals surface area contributed by atoms with E-state index in [2.05, 4.69) is 12.6 Å². The molecule has 66 valence electrons. The minimum atomic E-state index is -0.809. The largest absolute Gasteiger partial charge is 0.480 e. The molecule has 1 unspecified atom stereocenters. The summed E-state index contributed by atoms with van der Waals surface area (Å²) in [7, 11) is 1.79. The zero-order valence-electron chi connectivity index (χ0n) is 7.11. The van der Waals surface area contributed by atoms with Crippen molar-refractivity contribution in [3.05, 3.63) is 0 Å². The van der Waals surface area contributed by atoms with Crippen LogP contribution in [-0.4, -0.2) is 40.9 Å². The average molecular weight is 177 g/mol. The molecule has 0 rings (SSSR count). The molecule has 0 spiro atoms. The monoisotopic (exact) mass is 177 g/mol. The molecule has 0 amide bonds. The molecular weight excluding hydrogens is 162 g/mol. The second-order valence-electron chi connectivity index (χ2n) is 2.80. The molecule has 0 saturated carbocycles. The van der Waals surface area contributed by atoms with Crippen LogP contribution in [0.1, 0.15) is 13.8 Å². The van der Waals surface area contributed by atoms with Gasteiger partial charge in [0.25, 0.3) is 0 Å². The summed E-state index contributed by atoms with van der Waals surface area (Å²) in [4.78, 5) is 12.4. The van der Waals surface area contributed by atoms with Crippen LogP contribution in [0.15, 0.2) is 0 Å². The Bertz CT molecular complexity index is 138. The number of likely N-dealkylation sites (N-methyl/N-ethyl adjacent to an activating group) is 1. The van der Waals surface area contributed by atoms with Crippen molar-refractivity contribution in [1.29, 1.82) is 0 Å². The third-order valence-electron chi connectivity index (χ3n) is 1.76. The number of hydrogen-bond acceptors (Lipinski definition) is 3. The van der Waals surface area contributed by atoms with E-state index in [-0.39, 0.29) is 6.04 Å². The van der Waals surface area contributed by atoms with Crippen molar-refractivity contribution in [1.82, 2.24) is 4.90 Å². The van der Waals surface area contributed by atoms with Crippen LogP contribution in [-0.2, 0) is 4.79 Å². The predicted octanol–water partition coefficient (Wildman–Crippen LogP) is 0.710. The first-order valence-corrected chi connectivity index (χ1v) is 4.19. The molecular formula is C7H15NO2S. The van der Waals surface area contributed by atoms with Crippen molar-refractivity contribution in [2.24, 2.45) is 0 Å². The van der Waals surface area contributed by atoms with Crippen LogP contribution in [0.4, 0.5) is 0 Å². The number of aliphatic carboxylic acids is 1. The maximum Gasteiger partial charge on any atom is 0.321 e. The minimum absolute atomic E-state index is 0.239. The number of thiol groups is 1. The smallest absolute Gasteiger partial charge is 0.321 e. The highest BCUT2D eigenvalue weighted by atomic mass is 32.1. The molecule has 0 saturated heterocycles. The van der Waals surface area contributed by atoms with Gasteiger partial charge in [-0.05, 0) is 20.9 Å². The maximum atomic E-state index is 10.6. The van der Waals surface area contributed by atoms with E-state index < -0.39 is 12.0 Å². The number of rotatable bonds is 4. The van der Waals surface area contributed by atoms with Crippen molar-refractivity contribution >= 4 is 18.6 Å². The van der Waals surface area contributed by atoms with Gasteiger partial charge in [0, 0.05) is 11.8 Å². The van der Waals surface area contributed by atoms with E-state index in [1.54, 1.807) is 11.9 Å². The van der Waals surface area contributed by atoms with Gasteiger partial charge in [-0.15, -0.1) is 0 Å². The van der Waals surface area contributed by atoms with Crippen molar-refractivity contribution in [3.63, 3.8) is 0 Å². The Morgan fingerprint density at radius 1 is 1.64 bits per heavy atom. The molecule has 0 aliphatic rings. The Hall–Kier alpha value is -0.220. The first-order chi connectivity index (χ1) is 5.00. The van der Waals surface area contributed by atoms with Gasteiger partial charge in [-0.1, -0.05) is 0 Å². The predicted molar refractivity (Wildman–Crippen MR) is 48.2 cm³/mol. The van der Waals surface area contributed by atoms with Crippen LogP contribution < -0.4 is 0 Å². The average Bonchev–Trinajstić information content (AvgIpc) is 1.88. The summed E-state index contributed by atoms with van der Waals surface area (Å²) in [6.45, 7) is 3.92. The van der Waals surface area contributed by atoms with Gasteiger partial charge in [0.1, 0.15) is 6.04 Å². The Balaban J connectivity index is 4.14. The number of carboxylic acid groups (broad SMARTS) is 1. The van der Waals surface area contributed by atoms with Gasteiger partial charge in [-0.3, -0.25) is 9.69 Å². The van der Waals surface area contributed by atoms with E-state index in [1.165, 1.54) is 0 Å². The van der Waals surface area contributed by atoms with Crippen LogP contribution in [0.25, 0.3) is 0 Å². The number of carbonyl (C=O) groups is 1. The summed E-state index contributed by atoms with van der Waals surface area (Å²) in [5, 5.41) is 8.70. The Kier molecular flexibility index (Phi) is 4.52. The zero-order chi connectivity index (χ0) is 9.02. The summed E-state index contributed by atoms with van der Waals surface area (Å²) in [6.07, 6.45) is 0. The third-order valence-corrected chi connectivity index (χ3v) is 2.11. The van der Waals surface area contributed by atoms with Gasteiger partial charge < -0.3 is 5.11 Å². The van der Waals surface area contributed by atoms with Gasteiger partial charge in [-0.25, -0.2) is 0 Å². The molecule has 1 atom stereocenters. The number of hydrogen-bond donors (Lipinski definition) is 2. The molecule has 3 nitrogen and oxygen atoms in total. The fourth-order valence-electron chi connectivity index (χ4n) is 0.741. The van der Waals surface area contributed by atoms with Crippen LogP contribution >= 0.6 is 12.6 Å². The quantitative estimate of drug-likeness (QED) is 0.621. The van der Waals surface area contributed by atoms with Crippen LogP contribution in [0.2, 0.25) is 0 Å². The van der Waals surface area contributed by atoms with Gasteiger partial charge >= 0.3 is 5.97 Å². The van der Waals surface area contributed by atoms with Crippen LogP contribution in [0.3, 0.4) is 0 Å². The third kappa shape index (κ3) is 3.12. The summed E-state index contributed by atoms with van der Waals surface area (Å²) < 4.78 is 0. The molecule has 0 aromatic rings. The van der Waals surface area contributed by atoms with E-state index in [9.17, 15) is 4.79 Å². The number of carboxylic acids is 1. The molecule has 11 heavy (non-hydrogen) atoms. The maximum absolute atomic E-state index is 10.6. The lowest BCUT2D eigenvalue weighted by molar-refractivity contribution is -0.142. The van der Waals surface area contributed by atoms with Crippen molar-refractivity contribution in [3.8, 4) is 0 Å². The summed E-state index contributed by atoms with van der Waals surface area (Å²) in [5.74, 6) is -0.458. The lowest BCUT2D eigenvalue weighted by Gasteiger charge is -2.26. The van der Waals surface area contributed by atoms with Crippen molar-refractivity contribution in [2.75, 3.05) is 12.8 Å². The highest BCUT2D eigenvalue weighted by Crippen LogP contribution is 2.03. The molecule has 4 heteroatoms. The topological polar surface area (TPSA) is 40.5 Å². The van der Waals surface area contributed by atoms with Gasteiger partial charge in [0.15, 0.2) is 0 Å². The Labute approximate surface area is 72.8 Å². The van der Waals surface area contributed by atoms with E-state index in [4.69, 9.17) is 5.11 Å². The van der Waals surface area contributed by atoms with Gasteiger partial charge in [-0.2, -0.15) is 12.6 Å². The second-order valence-corrected chi connectivity index (χ2v) is 3.16. The lowest BCUT2D eigenvalue weighted by atomic mass is 10.2. The van der Waals surface area contributed by atoms with E-state index in [0.717, 1.165) is 0 Å². The summed E-state index contributed by atoms with van der Waals surface area (Å²) in [6, 6.07) is -0.235. The Morgan fingerprint density at radius 2 is 2.09 bits per heavy atom. The molecule has 0 aliphatic heterocycles. The number of nitrogens with zero attached hydrogens (tertiary/aromatic N) is 1. The molecule has 0 fully saturated rings. The normalized spacial score (nSPS) is 14.0. The van der Waals surface area contributed by atoms with Crippen molar-refractivity contribution < 1.29 is 9.90 Å². The molecule has 0 aromatic heterocycles. The summed E-state index contributed by atoms with van der Waals surface area (Å²) in [5.41, 5.74) is 0. The van der Waals surface area contributed by atoms with Gasteiger partial charge in [0.2, 0.25) is 0 Å². The lowest BCUT2D eigenvalue weighted by Crippen LogP contribution is -2.43.